The number of benzene rings is 1. The molecule has 1 saturated carbocycles. The second kappa shape index (κ2) is 8.33. The number of rotatable bonds is 5. The van der Waals surface area contributed by atoms with Crippen LogP contribution in [0.4, 0.5) is 5.13 Å². The first kappa shape index (κ1) is 19.6. The van der Waals surface area contributed by atoms with Crippen LogP contribution in [-0.4, -0.2) is 34.8 Å². The molecule has 1 atom stereocenters. The molecule has 1 unspecified atom stereocenters. The van der Waals surface area contributed by atoms with Crippen LogP contribution >= 0.6 is 27.3 Å². The first-order chi connectivity index (χ1) is 13.5. The highest BCUT2D eigenvalue weighted by Gasteiger charge is 2.36. The van der Waals surface area contributed by atoms with E-state index >= 15 is 0 Å². The number of hydrogen-bond donors (Lipinski definition) is 1. The Hall–Kier alpha value is -1.73. The number of carbonyl (C=O) groups is 2. The normalized spacial score (nSPS) is 19.5. The van der Waals surface area contributed by atoms with Gasteiger partial charge in [0.1, 0.15) is 0 Å². The summed E-state index contributed by atoms with van der Waals surface area (Å²) < 4.78 is 1.11. The minimum atomic E-state index is -0.141. The van der Waals surface area contributed by atoms with Crippen LogP contribution in [0, 0.1) is 18.8 Å². The lowest BCUT2D eigenvalue weighted by Crippen LogP contribution is -2.44. The predicted molar refractivity (Wildman–Crippen MR) is 114 cm³/mol. The van der Waals surface area contributed by atoms with Gasteiger partial charge in [0.15, 0.2) is 5.13 Å². The summed E-state index contributed by atoms with van der Waals surface area (Å²) in [6.07, 6.45) is 6.37. The number of thiazole rings is 1. The van der Waals surface area contributed by atoms with E-state index in [2.05, 4.69) is 51.4 Å². The Bertz CT molecular complexity index is 894. The fraction of sp³-hybridized carbons (Fsp3) is 0.476. The van der Waals surface area contributed by atoms with Gasteiger partial charge in [-0.3, -0.25) is 9.59 Å². The van der Waals surface area contributed by atoms with Crippen LogP contribution in [0.15, 0.2) is 28.9 Å². The van der Waals surface area contributed by atoms with Crippen LogP contribution in [0.25, 0.3) is 0 Å². The Morgan fingerprint density at radius 1 is 1.29 bits per heavy atom. The van der Waals surface area contributed by atoms with E-state index in [0.29, 0.717) is 11.7 Å². The lowest BCUT2D eigenvalue weighted by Gasteiger charge is -2.32. The molecule has 1 aromatic heterocycles. The van der Waals surface area contributed by atoms with Crippen LogP contribution in [0.1, 0.15) is 41.7 Å². The quantitative estimate of drug-likeness (QED) is 0.717. The highest BCUT2D eigenvalue weighted by Crippen LogP contribution is 2.33. The summed E-state index contributed by atoms with van der Waals surface area (Å²) in [7, 11) is 0. The van der Waals surface area contributed by atoms with Gasteiger partial charge >= 0.3 is 0 Å². The number of anilines is 1. The molecule has 1 N–H and O–H groups in total. The molecule has 2 heterocycles. The summed E-state index contributed by atoms with van der Waals surface area (Å²) in [6, 6.07) is 6.32. The van der Waals surface area contributed by atoms with Gasteiger partial charge in [-0.15, -0.1) is 11.3 Å². The van der Waals surface area contributed by atoms with E-state index in [1.807, 2.05) is 11.1 Å². The average molecular weight is 462 g/mol. The molecule has 28 heavy (non-hydrogen) atoms. The molecule has 2 fully saturated rings. The summed E-state index contributed by atoms with van der Waals surface area (Å²) in [6.45, 7) is 3.40. The molecular formula is C21H24BrN3O2S. The lowest BCUT2D eigenvalue weighted by atomic mass is 9.97. The summed E-state index contributed by atoms with van der Waals surface area (Å²) in [5.41, 5.74) is 2.43. The van der Waals surface area contributed by atoms with Gasteiger partial charge in [0, 0.05) is 41.0 Å². The Kier molecular flexibility index (Phi) is 5.83. The average Bonchev–Trinajstić information content (AvgIpc) is 3.45. The van der Waals surface area contributed by atoms with Gasteiger partial charge in [-0.1, -0.05) is 28.1 Å². The maximum Gasteiger partial charge on any atom is 0.231 e. The zero-order valence-corrected chi connectivity index (χ0v) is 18.3. The lowest BCUT2D eigenvalue weighted by molar-refractivity contribution is -0.135. The van der Waals surface area contributed by atoms with Crippen molar-refractivity contribution < 1.29 is 9.59 Å². The number of amides is 2. The SMILES string of the molecule is Cc1cc(Cc2cnc(NC(=O)C3CCCN(C(=O)C4CC4)C3)s2)ccc1Br. The third kappa shape index (κ3) is 4.63. The fourth-order valence-electron chi connectivity index (χ4n) is 3.65. The fourth-order valence-corrected chi connectivity index (χ4v) is 4.75. The molecule has 2 aliphatic rings. The molecule has 7 heteroatoms. The molecule has 1 aliphatic heterocycles. The van der Waals surface area contributed by atoms with E-state index in [-0.39, 0.29) is 23.7 Å². The van der Waals surface area contributed by atoms with Crippen LogP contribution < -0.4 is 5.32 Å². The first-order valence-corrected chi connectivity index (χ1v) is 11.4. The predicted octanol–water partition coefficient (Wildman–Crippen LogP) is 4.39. The summed E-state index contributed by atoms with van der Waals surface area (Å²) in [4.78, 5) is 32.3. The van der Waals surface area contributed by atoms with Crippen LogP contribution in [0.2, 0.25) is 0 Å². The molecule has 2 amide bonds. The first-order valence-electron chi connectivity index (χ1n) is 9.79. The van der Waals surface area contributed by atoms with Crippen molar-refractivity contribution in [1.82, 2.24) is 9.88 Å². The van der Waals surface area contributed by atoms with E-state index in [4.69, 9.17) is 0 Å². The standard InChI is InChI=1S/C21H24BrN3O2S/c1-13-9-14(4-7-18(13)22)10-17-11-23-21(28-17)24-19(26)16-3-2-8-25(12-16)20(27)15-5-6-15/h4,7,9,11,15-16H,2-3,5-6,8,10,12H2,1H3,(H,23,24,26). The highest BCUT2D eigenvalue weighted by molar-refractivity contribution is 9.10. The maximum atomic E-state index is 12.7. The van der Waals surface area contributed by atoms with Crippen molar-refractivity contribution in [1.29, 1.82) is 0 Å². The largest absolute Gasteiger partial charge is 0.342 e. The molecule has 0 radical (unpaired) electrons. The van der Waals surface area contributed by atoms with Crippen LogP contribution in [0.3, 0.4) is 0 Å². The van der Waals surface area contributed by atoms with Crippen molar-refractivity contribution in [2.75, 3.05) is 18.4 Å². The molecule has 4 rings (SSSR count). The van der Waals surface area contributed by atoms with E-state index in [0.717, 1.165) is 48.0 Å². The van der Waals surface area contributed by atoms with Crippen molar-refractivity contribution in [2.24, 2.45) is 11.8 Å². The number of carbonyl (C=O) groups excluding carboxylic acids is 2. The van der Waals surface area contributed by atoms with Gasteiger partial charge in [-0.05, 0) is 49.8 Å². The van der Waals surface area contributed by atoms with E-state index in [9.17, 15) is 9.59 Å². The molecular weight excluding hydrogens is 438 g/mol. The zero-order valence-electron chi connectivity index (χ0n) is 15.9. The minimum Gasteiger partial charge on any atom is -0.342 e. The van der Waals surface area contributed by atoms with Crippen LogP contribution in [-0.2, 0) is 16.0 Å². The smallest absolute Gasteiger partial charge is 0.231 e. The highest BCUT2D eigenvalue weighted by atomic mass is 79.9. The second-order valence-corrected chi connectivity index (χ2v) is 9.75. The number of nitrogens with zero attached hydrogens (tertiary/aromatic N) is 2. The van der Waals surface area contributed by atoms with Crippen molar-refractivity contribution in [2.45, 2.75) is 39.0 Å². The van der Waals surface area contributed by atoms with E-state index in [1.165, 1.54) is 22.5 Å². The van der Waals surface area contributed by atoms with Gasteiger partial charge in [0.25, 0.3) is 0 Å². The topological polar surface area (TPSA) is 62.3 Å². The van der Waals surface area contributed by atoms with Crippen molar-refractivity contribution in [3.63, 3.8) is 0 Å². The van der Waals surface area contributed by atoms with Crippen LogP contribution in [0.5, 0.6) is 0 Å². The number of aromatic nitrogens is 1. The Morgan fingerprint density at radius 3 is 2.86 bits per heavy atom. The summed E-state index contributed by atoms with van der Waals surface area (Å²) in [5.74, 6) is 0.288. The Morgan fingerprint density at radius 2 is 2.11 bits per heavy atom. The zero-order chi connectivity index (χ0) is 19.7. The van der Waals surface area contributed by atoms with Crippen molar-refractivity contribution in [3.8, 4) is 0 Å². The summed E-state index contributed by atoms with van der Waals surface area (Å²) in [5, 5.41) is 3.60. The number of nitrogens with one attached hydrogen (secondary N) is 1. The number of likely N-dealkylation sites (tertiary alicyclic amines) is 1. The van der Waals surface area contributed by atoms with E-state index in [1.54, 1.807) is 0 Å². The van der Waals surface area contributed by atoms with Gasteiger partial charge in [0.05, 0.1) is 5.92 Å². The number of aryl methyl sites for hydroxylation is 1. The molecule has 0 bridgehead atoms. The molecule has 1 saturated heterocycles. The Labute approximate surface area is 177 Å². The molecule has 5 nitrogen and oxygen atoms in total. The number of halogens is 1. The molecule has 0 spiro atoms. The molecule has 1 aliphatic carbocycles. The maximum absolute atomic E-state index is 12.7. The third-order valence-electron chi connectivity index (χ3n) is 5.41. The van der Waals surface area contributed by atoms with Crippen molar-refractivity contribution in [3.05, 3.63) is 44.9 Å². The third-order valence-corrected chi connectivity index (χ3v) is 7.22. The molecule has 148 valence electrons. The van der Waals surface area contributed by atoms with Crippen molar-refractivity contribution >= 4 is 44.2 Å². The second-order valence-electron chi connectivity index (χ2n) is 7.78. The van der Waals surface area contributed by atoms with Gasteiger partial charge < -0.3 is 10.2 Å². The minimum absolute atomic E-state index is 0.0197. The summed E-state index contributed by atoms with van der Waals surface area (Å²) >= 11 is 5.04. The van der Waals surface area contributed by atoms with Gasteiger partial charge in [0.2, 0.25) is 11.8 Å². The van der Waals surface area contributed by atoms with Gasteiger partial charge in [-0.2, -0.15) is 0 Å². The van der Waals surface area contributed by atoms with Gasteiger partial charge in [-0.25, -0.2) is 4.98 Å². The monoisotopic (exact) mass is 461 g/mol. The number of piperidine rings is 1. The number of hydrogen-bond acceptors (Lipinski definition) is 4. The van der Waals surface area contributed by atoms with E-state index < -0.39 is 0 Å². The molecule has 2 aromatic rings. The molecule has 1 aromatic carbocycles. The Balaban J connectivity index is 1.34.